The number of hydrogen-bond acceptors (Lipinski definition) is 5. The number of benzene rings is 2. The first-order valence-electron chi connectivity index (χ1n) is 10.2. The van der Waals surface area contributed by atoms with Crippen LogP contribution < -0.4 is 10.6 Å². The van der Waals surface area contributed by atoms with Crippen LogP contribution in [0.25, 0.3) is 21.8 Å². The van der Waals surface area contributed by atoms with Crippen LogP contribution in [0.1, 0.15) is 38.5 Å². The Balaban J connectivity index is 1.56. The number of nitro groups is 1. The van der Waals surface area contributed by atoms with Crippen molar-refractivity contribution in [2.75, 3.05) is 18.4 Å². The molecule has 146 valence electrons. The molecule has 6 heteroatoms. The van der Waals surface area contributed by atoms with Crippen LogP contribution in [-0.2, 0) is 0 Å². The predicted octanol–water partition coefficient (Wildman–Crippen LogP) is 5.02. The quantitative estimate of drug-likeness (QED) is 0.261. The van der Waals surface area contributed by atoms with E-state index in [9.17, 15) is 10.1 Å². The van der Waals surface area contributed by atoms with Gasteiger partial charge >= 0.3 is 0 Å². The second-order valence-corrected chi connectivity index (χ2v) is 7.50. The van der Waals surface area contributed by atoms with E-state index >= 15 is 0 Å². The molecule has 0 unspecified atom stereocenters. The molecule has 1 saturated carbocycles. The zero-order chi connectivity index (χ0) is 19.3. The Labute approximate surface area is 164 Å². The predicted molar refractivity (Wildman–Crippen MR) is 114 cm³/mol. The monoisotopic (exact) mass is 378 g/mol. The molecule has 0 saturated heterocycles. The summed E-state index contributed by atoms with van der Waals surface area (Å²) in [6.07, 6.45) is 7.54. The highest BCUT2D eigenvalue weighted by Gasteiger charge is 2.19. The number of nitrogens with one attached hydrogen (secondary N) is 2. The summed E-state index contributed by atoms with van der Waals surface area (Å²) in [7, 11) is 0. The van der Waals surface area contributed by atoms with Crippen LogP contribution in [0.2, 0.25) is 0 Å². The van der Waals surface area contributed by atoms with Crippen molar-refractivity contribution in [3.8, 4) is 0 Å². The maximum Gasteiger partial charge on any atom is 0.280 e. The first kappa shape index (κ1) is 18.6. The second-order valence-electron chi connectivity index (χ2n) is 7.50. The van der Waals surface area contributed by atoms with Gasteiger partial charge in [0, 0.05) is 24.0 Å². The summed E-state index contributed by atoms with van der Waals surface area (Å²) in [5.74, 6) is 0. The van der Waals surface area contributed by atoms with Gasteiger partial charge in [-0.3, -0.25) is 10.1 Å². The standard InChI is InChI=1S/C22H26N4O2/c27-26(28)20-13-6-12-19-21(20)22(17-10-4-5-11-18(17)25-19)24-15-7-14-23-16-8-2-1-3-9-16/h4-6,10-13,16,23H,1-3,7-9,14-15H2,(H,24,25). The number of anilines is 1. The Hall–Kier alpha value is -2.73. The van der Waals surface area contributed by atoms with E-state index in [0.29, 0.717) is 16.9 Å². The van der Waals surface area contributed by atoms with Crippen LogP contribution in [0, 0.1) is 10.1 Å². The van der Waals surface area contributed by atoms with Crippen LogP contribution in [0.5, 0.6) is 0 Å². The van der Waals surface area contributed by atoms with E-state index in [2.05, 4.69) is 15.6 Å². The topological polar surface area (TPSA) is 80.1 Å². The Morgan fingerprint density at radius 3 is 2.61 bits per heavy atom. The van der Waals surface area contributed by atoms with E-state index in [-0.39, 0.29) is 10.6 Å². The molecule has 1 fully saturated rings. The van der Waals surface area contributed by atoms with Gasteiger partial charge in [0.25, 0.3) is 5.69 Å². The third-order valence-corrected chi connectivity index (χ3v) is 5.57. The van der Waals surface area contributed by atoms with E-state index in [4.69, 9.17) is 0 Å². The van der Waals surface area contributed by atoms with Gasteiger partial charge in [0.15, 0.2) is 0 Å². The molecule has 1 heterocycles. The average molecular weight is 378 g/mol. The lowest BCUT2D eigenvalue weighted by Gasteiger charge is -2.23. The smallest absolute Gasteiger partial charge is 0.280 e. The normalized spacial score (nSPS) is 15.1. The average Bonchev–Trinajstić information content (AvgIpc) is 2.73. The Bertz CT molecular complexity index is 983. The molecule has 0 aliphatic heterocycles. The summed E-state index contributed by atoms with van der Waals surface area (Å²) in [6.45, 7) is 1.72. The summed E-state index contributed by atoms with van der Waals surface area (Å²) in [4.78, 5) is 15.9. The van der Waals surface area contributed by atoms with Gasteiger partial charge in [0.2, 0.25) is 0 Å². The van der Waals surface area contributed by atoms with Gasteiger partial charge < -0.3 is 10.6 Å². The van der Waals surface area contributed by atoms with Crippen LogP contribution in [0.4, 0.5) is 11.4 Å². The Morgan fingerprint density at radius 2 is 1.79 bits per heavy atom. The number of non-ortho nitro benzene ring substituents is 1. The molecule has 2 N–H and O–H groups in total. The van der Waals surface area contributed by atoms with E-state index in [1.165, 1.54) is 32.1 Å². The van der Waals surface area contributed by atoms with Crippen molar-refractivity contribution in [2.24, 2.45) is 0 Å². The number of rotatable bonds is 7. The third-order valence-electron chi connectivity index (χ3n) is 5.57. The molecule has 1 aliphatic carbocycles. The van der Waals surface area contributed by atoms with E-state index in [1.807, 2.05) is 30.3 Å². The maximum atomic E-state index is 11.6. The lowest BCUT2D eigenvalue weighted by molar-refractivity contribution is -0.383. The number of para-hydroxylation sites is 1. The SMILES string of the molecule is O=[N+]([O-])c1cccc2nc3ccccc3c(NCCCNC3CCCCC3)c12. The van der Waals surface area contributed by atoms with Crippen LogP contribution >= 0.6 is 0 Å². The molecule has 0 atom stereocenters. The van der Waals surface area contributed by atoms with Crippen molar-refractivity contribution < 1.29 is 4.92 Å². The van der Waals surface area contributed by atoms with Gasteiger partial charge in [0.05, 0.1) is 21.6 Å². The molecule has 3 aromatic rings. The molecule has 0 amide bonds. The molecule has 2 aromatic carbocycles. The van der Waals surface area contributed by atoms with Gasteiger partial charge in [-0.25, -0.2) is 4.98 Å². The number of hydrogen-bond donors (Lipinski definition) is 2. The van der Waals surface area contributed by atoms with Crippen molar-refractivity contribution in [1.82, 2.24) is 10.3 Å². The molecule has 1 aliphatic rings. The van der Waals surface area contributed by atoms with Crippen LogP contribution in [-0.4, -0.2) is 29.0 Å². The van der Waals surface area contributed by atoms with Gasteiger partial charge in [-0.1, -0.05) is 43.5 Å². The van der Waals surface area contributed by atoms with E-state index in [0.717, 1.165) is 36.1 Å². The van der Waals surface area contributed by atoms with Gasteiger partial charge in [-0.2, -0.15) is 0 Å². The Kier molecular flexibility index (Phi) is 5.67. The van der Waals surface area contributed by atoms with E-state index < -0.39 is 0 Å². The zero-order valence-corrected chi connectivity index (χ0v) is 16.0. The van der Waals surface area contributed by atoms with Crippen molar-refractivity contribution >= 4 is 33.2 Å². The number of pyridine rings is 1. The minimum Gasteiger partial charge on any atom is -0.384 e. The molecule has 0 spiro atoms. The minimum absolute atomic E-state index is 0.0959. The number of fused-ring (bicyclic) bond motifs is 2. The van der Waals surface area contributed by atoms with Crippen LogP contribution in [0.3, 0.4) is 0 Å². The fraction of sp³-hybridized carbons (Fsp3) is 0.409. The number of nitrogens with zero attached hydrogens (tertiary/aromatic N) is 2. The highest BCUT2D eigenvalue weighted by molar-refractivity contribution is 6.11. The largest absolute Gasteiger partial charge is 0.384 e. The molecule has 6 nitrogen and oxygen atoms in total. The molecular formula is C22H26N4O2. The Morgan fingerprint density at radius 1 is 1.00 bits per heavy atom. The first-order chi connectivity index (χ1) is 13.7. The van der Waals surface area contributed by atoms with Crippen molar-refractivity contribution in [3.63, 3.8) is 0 Å². The lowest BCUT2D eigenvalue weighted by atomic mass is 9.95. The molecular weight excluding hydrogens is 352 g/mol. The van der Waals surface area contributed by atoms with Gasteiger partial charge in [0.1, 0.15) is 5.39 Å². The first-order valence-corrected chi connectivity index (χ1v) is 10.2. The fourth-order valence-corrected chi connectivity index (χ4v) is 4.18. The summed E-state index contributed by atoms with van der Waals surface area (Å²) in [6, 6.07) is 13.5. The van der Waals surface area contributed by atoms with Gasteiger partial charge in [-0.15, -0.1) is 0 Å². The summed E-state index contributed by atoms with van der Waals surface area (Å²) in [5.41, 5.74) is 2.40. The number of nitro benzene ring substituents is 1. The van der Waals surface area contributed by atoms with Crippen molar-refractivity contribution in [2.45, 2.75) is 44.6 Å². The minimum atomic E-state index is -0.325. The molecule has 28 heavy (non-hydrogen) atoms. The lowest BCUT2D eigenvalue weighted by Crippen LogP contribution is -2.32. The zero-order valence-electron chi connectivity index (χ0n) is 16.0. The van der Waals surface area contributed by atoms with E-state index in [1.54, 1.807) is 12.1 Å². The number of aromatic nitrogens is 1. The summed E-state index contributed by atoms with van der Waals surface area (Å²) < 4.78 is 0. The van der Waals surface area contributed by atoms with Gasteiger partial charge in [-0.05, 0) is 37.9 Å². The molecule has 4 rings (SSSR count). The third kappa shape index (κ3) is 3.92. The highest BCUT2D eigenvalue weighted by Crippen LogP contribution is 2.36. The molecule has 0 radical (unpaired) electrons. The summed E-state index contributed by atoms with van der Waals surface area (Å²) >= 11 is 0. The van der Waals surface area contributed by atoms with Crippen molar-refractivity contribution in [3.05, 3.63) is 52.6 Å². The molecule has 1 aromatic heterocycles. The second kappa shape index (κ2) is 8.52. The van der Waals surface area contributed by atoms with Crippen LogP contribution in [0.15, 0.2) is 42.5 Å². The molecule has 0 bridgehead atoms. The highest BCUT2D eigenvalue weighted by atomic mass is 16.6. The maximum absolute atomic E-state index is 11.6. The summed E-state index contributed by atoms with van der Waals surface area (Å²) in [5, 5.41) is 20.2. The fourth-order valence-electron chi connectivity index (χ4n) is 4.18. The van der Waals surface area contributed by atoms with Crippen molar-refractivity contribution in [1.29, 1.82) is 0 Å².